The number of nitro benzene ring substituents is 1. The van der Waals surface area contributed by atoms with Gasteiger partial charge in [0.05, 0.1) is 23.4 Å². The molecule has 178 valence electrons. The highest BCUT2D eigenvalue weighted by atomic mass is 32.2. The summed E-state index contributed by atoms with van der Waals surface area (Å²) in [5, 5.41) is 13.7. The standard InChI is InChI=1S/C24H25N3O6S/c1-16-5-9-19(10-6-16)26(34(31,32)23-13-17(2)7-12-22(23)33-4)15-24(28)25-21-14-20(27(29)30)11-8-18(21)3/h5-14H,15H2,1-4H3,(H,25,28). The van der Waals surface area contributed by atoms with Gasteiger partial charge in [-0.05, 0) is 56.2 Å². The van der Waals surface area contributed by atoms with E-state index in [4.69, 9.17) is 4.74 Å². The molecule has 34 heavy (non-hydrogen) atoms. The fourth-order valence-corrected chi connectivity index (χ4v) is 4.97. The number of nitrogens with one attached hydrogen (secondary N) is 1. The average molecular weight is 484 g/mol. The second kappa shape index (κ2) is 9.92. The van der Waals surface area contributed by atoms with Gasteiger partial charge in [-0.3, -0.25) is 19.2 Å². The molecule has 0 atom stereocenters. The molecule has 3 rings (SSSR count). The number of methoxy groups -OCH3 is 1. The molecule has 0 fully saturated rings. The number of anilines is 2. The fraction of sp³-hybridized carbons (Fsp3) is 0.208. The average Bonchev–Trinajstić information content (AvgIpc) is 2.79. The second-order valence-electron chi connectivity index (χ2n) is 7.81. The van der Waals surface area contributed by atoms with E-state index in [0.717, 1.165) is 9.87 Å². The van der Waals surface area contributed by atoms with E-state index >= 15 is 0 Å². The summed E-state index contributed by atoms with van der Waals surface area (Å²) in [4.78, 5) is 23.4. The number of amides is 1. The highest BCUT2D eigenvalue weighted by Crippen LogP contribution is 2.31. The largest absolute Gasteiger partial charge is 0.495 e. The van der Waals surface area contributed by atoms with Crippen molar-refractivity contribution in [2.45, 2.75) is 25.7 Å². The fourth-order valence-electron chi connectivity index (χ4n) is 3.31. The van der Waals surface area contributed by atoms with Gasteiger partial charge >= 0.3 is 0 Å². The van der Waals surface area contributed by atoms with Crippen molar-refractivity contribution < 1.29 is 22.9 Å². The molecule has 1 amide bonds. The number of sulfonamides is 1. The maximum Gasteiger partial charge on any atom is 0.271 e. The van der Waals surface area contributed by atoms with Gasteiger partial charge in [0.1, 0.15) is 17.2 Å². The number of hydrogen-bond donors (Lipinski definition) is 1. The maximum atomic E-state index is 13.7. The lowest BCUT2D eigenvalue weighted by molar-refractivity contribution is -0.384. The lowest BCUT2D eigenvalue weighted by atomic mass is 10.2. The molecule has 0 bridgehead atoms. The van der Waals surface area contributed by atoms with Crippen molar-refractivity contribution in [3.8, 4) is 5.75 Å². The molecule has 0 unspecified atom stereocenters. The van der Waals surface area contributed by atoms with Gasteiger partial charge in [-0.15, -0.1) is 0 Å². The van der Waals surface area contributed by atoms with E-state index in [0.29, 0.717) is 16.8 Å². The van der Waals surface area contributed by atoms with Crippen LogP contribution in [0.4, 0.5) is 17.1 Å². The summed E-state index contributed by atoms with van der Waals surface area (Å²) in [6.45, 7) is 4.76. The molecule has 0 heterocycles. The van der Waals surface area contributed by atoms with Crippen LogP contribution in [0.15, 0.2) is 65.6 Å². The molecule has 10 heteroatoms. The number of ether oxygens (including phenoxy) is 1. The minimum atomic E-state index is -4.21. The van der Waals surface area contributed by atoms with Crippen molar-refractivity contribution in [3.63, 3.8) is 0 Å². The Balaban J connectivity index is 2.02. The first kappa shape index (κ1) is 24.7. The zero-order chi connectivity index (χ0) is 25.0. The van der Waals surface area contributed by atoms with Crippen LogP contribution in [0.5, 0.6) is 5.75 Å². The second-order valence-corrected chi connectivity index (χ2v) is 9.64. The molecule has 9 nitrogen and oxygen atoms in total. The van der Waals surface area contributed by atoms with Crippen LogP contribution >= 0.6 is 0 Å². The summed E-state index contributed by atoms with van der Waals surface area (Å²) >= 11 is 0. The van der Waals surface area contributed by atoms with Crippen molar-refractivity contribution in [2.75, 3.05) is 23.3 Å². The monoisotopic (exact) mass is 483 g/mol. The van der Waals surface area contributed by atoms with Crippen LogP contribution in [0.25, 0.3) is 0 Å². The van der Waals surface area contributed by atoms with Crippen molar-refractivity contribution in [2.24, 2.45) is 0 Å². The van der Waals surface area contributed by atoms with E-state index in [1.54, 1.807) is 50.2 Å². The quantitative estimate of drug-likeness (QED) is 0.376. The number of carbonyl (C=O) groups is 1. The van der Waals surface area contributed by atoms with Crippen LogP contribution in [0.2, 0.25) is 0 Å². The lowest BCUT2D eigenvalue weighted by Gasteiger charge is -2.25. The van der Waals surface area contributed by atoms with E-state index in [2.05, 4.69) is 5.32 Å². The number of hydrogen-bond acceptors (Lipinski definition) is 6. The number of nitrogens with zero attached hydrogens (tertiary/aromatic N) is 2. The Morgan fingerprint density at radius 3 is 2.26 bits per heavy atom. The van der Waals surface area contributed by atoms with E-state index in [-0.39, 0.29) is 22.0 Å². The predicted octanol–water partition coefficient (Wildman–Crippen LogP) is 4.36. The molecule has 0 aromatic heterocycles. The topological polar surface area (TPSA) is 119 Å². The number of carbonyl (C=O) groups excluding carboxylic acids is 1. The molecule has 0 saturated heterocycles. The molecule has 3 aromatic carbocycles. The smallest absolute Gasteiger partial charge is 0.271 e. The maximum absolute atomic E-state index is 13.7. The summed E-state index contributed by atoms with van der Waals surface area (Å²) in [7, 11) is -2.84. The van der Waals surface area contributed by atoms with E-state index in [1.807, 2.05) is 6.92 Å². The molecule has 0 spiro atoms. The number of non-ortho nitro benzene ring substituents is 1. The van der Waals surface area contributed by atoms with Gasteiger partial charge in [-0.25, -0.2) is 8.42 Å². The summed E-state index contributed by atoms with van der Waals surface area (Å²) in [6, 6.07) is 15.6. The minimum absolute atomic E-state index is 0.0742. The molecule has 0 saturated carbocycles. The first-order valence-electron chi connectivity index (χ1n) is 10.3. The van der Waals surface area contributed by atoms with Crippen LogP contribution in [0.1, 0.15) is 16.7 Å². The van der Waals surface area contributed by atoms with Gasteiger partial charge in [-0.1, -0.05) is 29.8 Å². The minimum Gasteiger partial charge on any atom is -0.495 e. The van der Waals surface area contributed by atoms with Crippen molar-refractivity contribution in [1.29, 1.82) is 0 Å². The van der Waals surface area contributed by atoms with E-state index in [1.165, 1.54) is 31.4 Å². The van der Waals surface area contributed by atoms with Crippen molar-refractivity contribution in [3.05, 3.63) is 87.5 Å². The van der Waals surface area contributed by atoms with Gasteiger partial charge in [0.25, 0.3) is 15.7 Å². The third-order valence-electron chi connectivity index (χ3n) is 5.20. The molecule has 0 aliphatic carbocycles. The normalized spacial score (nSPS) is 11.1. The van der Waals surface area contributed by atoms with Gasteiger partial charge in [0.15, 0.2) is 0 Å². The lowest BCUT2D eigenvalue weighted by Crippen LogP contribution is -2.38. The third kappa shape index (κ3) is 5.34. The van der Waals surface area contributed by atoms with Crippen LogP contribution in [-0.2, 0) is 14.8 Å². The highest BCUT2D eigenvalue weighted by molar-refractivity contribution is 7.93. The summed E-state index contributed by atoms with van der Waals surface area (Å²) in [5.41, 5.74) is 2.57. The number of aryl methyl sites for hydroxylation is 3. The third-order valence-corrected chi connectivity index (χ3v) is 7.00. The SMILES string of the molecule is COc1ccc(C)cc1S(=O)(=O)N(CC(=O)Nc1cc([N+](=O)[O-])ccc1C)c1ccc(C)cc1. The predicted molar refractivity (Wildman–Crippen MR) is 130 cm³/mol. The van der Waals surface area contributed by atoms with Gasteiger partial charge in [0.2, 0.25) is 5.91 Å². The van der Waals surface area contributed by atoms with Gasteiger partial charge in [-0.2, -0.15) is 0 Å². The molecule has 0 aliphatic heterocycles. The van der Waals surface area contributed by atoms with Crippen LogP contribution in [-0.4, -0.2) is 32.9 Å². The molecular weight excluding hydrogens is 458 g/mol. The van der Waals surface area contributed by atoms with Gasteiger partial charge < -0.3 is 10.1 Å². The van der Waals surface area contributed by atoms with Gasteiger partial charge in [0, 0.05) is 12.1 Å². The zero-order valence-corrected chi connectivity index (χ0v) is 20.0. The molecule has 1 N–H and O–H groups in total. The Bertz CT molecular complexity index is 1340. The summed E-state index contributed by atoms with van der Waals surface area (Å²) in [5.74, 6) is -0.503. The zero-order valence-electron chi connectivity index (χ0n) is 19.2. The number of rotatable bonds is 8. The molecule has 3 aromatic rings. The van der Waals surface area contributed by atoms with Crippen LogP contribution in [0, 0.1) is 30.9 Å². The molecular formula is C24H25N3O6S. The molecule has 0 aliphatic rings. The Morgan fingerprint density at radius 2 is 1.65 bits per heavy atom. The summed E-state index contributed by atoms with van der Waals surface area (Å²) < 4.78 is 33.7. The Kier molecular flexibility index (Phi) is 7.21. The van der Waals surface area contributed by atoms with Crippen LogP contribution < -0.4 is 14.4 Å². The Labute approximate surface area is 198 Å². The Morgan fingerprint density at radius 1 is 1.00 bits per heavy atom. The first-order chi connectivity index (χ1) is 16.0. The van der Waals surface area contributed by atoms with Crippen LogP contribution in [0.3, 0.4) is 0 Å². The molecule has 0 radical (unpaired) electrons. The number of nitro groups is 1. The Hall–Kier alpha value is -3.92. The van der Waals surface area contributed by atoms with E-state index in [9.17, 15) is 23.3 Å². The van der Waals surface area contributed by atoms with Crippen molar-refractivity contribution in [1.82, 2.24) is 0 Å². The number of benzene rings is 3. The first-order valence-corrected chi connectivity index (χ1v) is 11.8. The van der Waals surface area contributed by atoms with Crippen molar-refractivity contribution >= 4 is 33.0 Å². The van der Waals surface area contributed by atoms with E-state index < -0.39 is 27.4 Å². The summed E-state index contributed by atoms with van der Waals surface area (Å²) in [6.07, 6.45) is 0. The highest BCUT2D eigenvalue weighted by Gasteiger charge is 2.30.